The van der Waals surface area contributed by atoms with Gasteiger partial charge >= 0.3 is 0 Å². The molecule has 0 fully saturated rings. The molecule has 2 aromatic heterocycles. The van der Waals surface area contributed by atoms with Gasteiger partial charge in [-0.1, -0.05) is 0 Å². The van der Waals surface area contributed by atoms with E-state index in [4.69, 9.17) is 13.9 Å². The van der Waals surface area contributed by atoms with Crippen LogP contribution in [-0.4, -0.2) is 12.1 Å². The Morgan fingerprint density at radius 1 is 1.08 bits per heavy atom. The monoisotopic (exact) mass is 338 g/mol. The van der Waals surface area contributed by atoms with E-state index in [2.05, 4.69) is 17.2 Å². The zero-order chi connectivity index (χ0) is 17.6. The first-order valence-corrected chi connectivity index (χ1v) is 8.20. The van der Waals surface area contributed by atoms with Gasteiger partial charge in [0.15, 0.2) is 0 Å². The number of aryl methyl sites for hydroxylation is 1. The van der Waals surface area contributed by atoms with E-state index in [-0.39, 0.29) is 6.04 Å². The Balaban J connectivity index is 1.60. The van der Waals surface area contributed by atoms with Crippen molar-refractivity contribution in [1.29, 1.82) is 0 Å². The molecule has 3 aromatic rings. The number of aromatic nitrogens is 1. The predicted octanol–water partition coefficient (Wildman–Crippen LogP) is 4.63. The lowest BCUT2D eigenvalue weighted by atomic mass is 10.2. The maximum absolute atomic E-state index is 5.80. The van der Waals surface area contributed by atoms with Crippen LogP contribution in [0.1, 0.15) is 30.0 Å². The zero-order valence-electron chi connectivity index (χ0n) is 14.7. The summed E-state index contributed by atoms with van der Waals surface area (Å²) in [6, 6.07) is 15.4. The Labute approximate surface area is 147 Å². The van der Waals surface area contributed by atoms with E-state index >= 15 is 0 Å². The van der Waals surface area contributed by atoms with E-state index in [1.165, 1.54) is 0 Å². The van der Waals surface area contributed by atoms with E-state index in [0.717, 1.165) is 28.6 Å². The normalized spacial score (nSPS) is 12.0. The van der Waals surface area contributed by atoms with Gasteiger partial charge in [-0.25, -0.2) is 4.98 Å². The molecule has 5 heteroatoms. The van der Waals surface area contributed by atoms with E-state index in [9.17, 15) is 0 Å². The molecule has 2 heterocycles. The summed E-state index contributed by atoms with van der Waals surface area (Å²) < 4.78 is 16.6. The molecular formula is C20H22N2O3. The lowest BCUT2D eigenvalue weighted by molar-refractivity contribution is 0.411. The highest BCUT2D eigenvalue weighted by atomic mass is 16.5. The highest BCUT2D eigenvalue weighted by Crippen LogP contribution is 2.23. The third-order valence-electron chi connectivity index (χ3n) is 3.88. The number of ether oxygens (including phenoxy) is 2. The van der Waals surface area contributed by atoms with Crippen molar-refractivity contribution in [1.82, 2.24) is 10.3 Å². The van der Waals surface area contributed by atoms with Crippen molar-refractivity contribution in [3.05, 3.63) is 71.8 Å². The van der Waals surface area contributed by atoms with Gasteiger partial charge in [0, 0.05) is 18.8 Å². The molecule has 1 aromatic carbocycles. The molecule has 0 bridgehead atoms. The van der Waals surface area contributed by atoms with Crippen LogP contribution in [0.2, 0.25) is 0 Å². The molecule has 0 aliphatic rings. The second-order valence-corrected chi connectivity index (χ2v) is 5.83. The van der Waals surface area contributed by atoms with Crippen LogP contribution in [0.5, 0.6) is 17.4 Å². The molecule has 0 aliphatic carbocycles. The lowest BCUT2D eigenvalue weighted by Gasteiger charge is -2.12. The highest BCUT2D eigenvalue weighted by Gasteiger charge is 2.09. The summed E-state index contributed by atoms with van der Waals surface area (Å²) in [5, 5.41) is 3.44. The number of methoxy groups -OCH3 is 1. The van der Waals surface area contributed by atoms with Gasteiger partial charge in [-0.05, 0) is 61.9 Å². The molecule has 0 saturated carbocycles. The summed E-state index contributed by atoms with van der Waals surface area (Å²) in [5.41, 5.74) is 1.09. The van der Waals surface area contributed by atoms with Crippen LogP contribution < -0.4 is 14.8 Å². The predicted molar refractivity (Wildman–Crippen MR) is 96.0 cm³/mol. The molecule has 0 amide bonds. The number of nitrogens with zero attached hydrogens (tertiary/aromatic N) is 1. The summed E-state index contributed by atoms with van der Waals surface area (Å²) in [6.45, 7) is 4.72. The van der Waals surface area contributed by atoms with E-state index in [0.29, 0.717) is 12.4 Å². The topological polar surface area (TPSA) is 56.5 Å². The van der Waals surface area contributed by atoms with Crippen LogP contribution >= 0.6 is 0 Å². The van der Waals surface area contributed by atoms with Gasteiger partial charge in [-0.15, -0.1) is 0 Å². The van der Waals surface area contributed by atoms with Crippen LogP contribution in [0, 0.1) is 6.92 Å². The molecule has 0 saturated heterocycles. The fourth-order valence-corrected chi connectivity index (χ4v) is 2.44. The number of furan rings is 1. The summed E-state index contributed by atoms with van der Waals surface area (Å²) in [4.78, 5) is 4.27. The lowest BCUT2D eigenvalue weighted by Crippen LogP contribution is -2.17. The minimum Gasteiger partial charge on any atom is -0.497 e. The van der Waals surface area contributed by atoms with Gasteiger partial charge in [0.05, 0.1) is 13.2 Å². The van der Waals surface area contributed by atoms with Gasteiger partial charge in [-0.2, -0.15) is 0 Å². The fourth-order valence-electron chi connectivity index (χ4n) is 2.44. The second-order valence-electron chi connectivity index (χ2n) is 5.83. The van der Waals surface area contributed by atoms with Gasteiger partial charge < -0.3 is 19.2 Å². The summed E-state index contributed by atoms with van der Waals surface area (Å²) in [5.74, 6) is 3.92. The number of nitrogens with one attached hydrogen (secondary N) is 1. The molecule has 3 rings (SSSR count). The van der Waals surface area contributed by atoms with Gasteiger partial charge in [0.1, 0.15) is 23.0 Å². The average molecular weight is 338 g/mol. The molecular weight excluding hydrogens is 316 g/mol. The Kier molecular flexibility index (Phi) is 5.36. The van der Waals surface area contributed by atoms with Crippen LogP contribution in [0.3, 0.4) is 0 Å². The smallest absolute Gasteiger partial charge is 0.219 e. The van der Waals surface area contributed by atoms with Crippen molar-refractivity contribution >= 4 is 0 Å². The molecule has 0 aliphatic heterocycles. The minimum absolute atomic E-state index is 0.132. The minimum atomic E-state index is 0.132. The third kappa shape index (κ3) is 4.61. The number of benzene rings is 1. The average Bonchev–Trinajstić information content (AvgIpc) is 3.07. The fraction of sp³-hybridized carbons (Fsp3) is 0.250. The number of rotatable bonds is 7. The van der Waals surface area contributed by atoms with E-state index in [1.807, 2.05) is 55.5 Å². The third-order valence-corrected chi connectivity index (χ3v) is 3.88. The van der Waals surface area contributed by atoms with Gasteiger partial charge in [0.2, 0.25) is 5.88 Å². The Bertz CT molecular complexity index is 812. The maximum Gasteiger partial charge on any atom is 0.219 e. The van der Waals surface area contributed by atoms with E-state index < -0.39 is 0 Å². The van der Waals surface area contributed by atoms with E-state index in [1.54, 1.807) is 13.3 Å². The van der Waals surface area contributed by atoms with Gasteiger partial charge in [0.25, 0.3) is 0 Å². The SMILES string of the molecule is COc1ccc(Oc2cc(CNC(C)c3ccc(C)o3)ccn2)cc1. The Morgan fingerprint density at radius 3 is 2.52 bits per heavy atom. The van der Waals surface area contributed by atoms with Crippen LogP contribution in [0.15, 0.2) is 59.1 Å². The largest absolute Gasteiger partial charge is 0.497 e. The Morgan fingerprint density at radius 2 is 1.84 bits per heavy atom. The van der Waals surface area contributed by atoms with Crippen molar-refractivity contribution in [3.63, 3.8) is 0 Å². The summed E-state index contributed by atoms with van der Waals surface area (Å²) in [7, 11) is 1.64. The molecule has 130 valence electrons. The molecule has 0 radical (unpaired) electrons. The molecule has 1 atom stereocenters. The first kappa shape index (κ1) is 17.0. The van der Waals surface area contributed by atoms with Crippen molar-refractivity contribution < 1.29 is 13.9 Å². The molecule has 25 heavy (non-hydrogen) atoms. The molecule has 5 nitrogen and oxygen atoms in total. The first-order chi connectivity index (χ1) is 12.1. The second kappa shape index (κ2) is 7.85. The standard InChI is InChI=1S/C20H22N2O3/c1-14-4-9-19(24-14)15(2)22-13-16-10-11-21-20(12-16)25-18-7-5-17(23-3)6-8-18/h4-12,15,22H,13H2,1-3H3. The quantitative estimate of drug-likeness (QED) is 0.680. The van der Waals surface area contributed by atoms with Gasteiger partial charge in [-0.3, -0.25) is 0 Å². The number of hydrogen-bond acceptors (Lipinski definition) is 5. The van der Waals surface area contributed by atoms with Crippen LogP contribution in [0.25, 0.3) is 0 Å². The van der Waals surface area contributed by atoms with Crippen molar-refractivity contribution in [2.45, 2.75) is 26.4 Å². The van der Waals surface area contributed by atoms with Crippen LogP contribution in [0.4, 0.5) is 0 Å². The molecule has 0 spiro atoms. The molecule has 1 unspecified atom stereocenters. The Hall–Kier alpha value is -2.79. The highest BCUT2D eigenvalue weighted by molar-refractivity contribution is 5.34. The first-order valence-electron chi connectivity index (χ1n) is 8.20. The van der Waals surface area contributed by atoms with Crippen LogP contribution in [-0.2, 0) is 6.54 Å². The number of pyridine rings is 1. The molecule has 1 N–H and O–H groups in total. The summed E-state index contributed by atoms with van der Waals surface area (Å²) in [6.07, 6.45) is 1.75. The summed E-state index contributed by atoms with van der Waals surface area (Å²) >= 11 is 0. The van der Waals surface area contributed by atoms with Crippen molar-refractivity contribution in [2.24, 2.45) is 0 Å². The van der Waals surface area contributed by atoms with Crippen molar-refractivity contribution in [2.75, 3.05) is 7.11 Å². The maximum atomic E-state index is 5.80. The zero-order valence-corrected chi connectivity index (χ0v) is 14.7. The van der Waals surface area contributed by atoms with Crippen molar-refractivity contribution in [3.8, 4) is 17.4 Å². The number of hydrogen-bond donors (Lipinski definition) is 1.